The summed E-state index contributed by atoms with van der Waals surface area (Å²) in [7, 11) is 8.77. The van der Waals surface area contributed by atoms with Crippen molar-refractivity contribution in [3.63, 3.8) is 0 Å². The van der Waals surface area contributed by atoms with Gasteiger partial charge in [-0.1, -0.05) is 0 Å². The van der Waals surface area contributed by atoms with E-state index in [0.29, 0.717) is 36.6 Å². The van der Waals surface area contributed by atoms with Crippen molar-refractivity contribution in [2.24, 2.45) is 0 Å². The Bertz CT molecular complexity index is 478. The number of ether oxygens (including phenoxy) is 3. The van der Waals surface area contributed by atoms with Gasteiger partial charge < -0.3 is 24.4 Å². The van der Waals surface area contributed by atoms with Crippen LogP contribution in [0.4, 0.5) is 0 Å². The third-order valence-corrected chi connectivity index (χ3v) is 3.47. The number of carbonyl (C=O) groups is 1. The molecule has 23 heavy (non-hydrogen) atoms. The van der Waals surface area contributed by atoms with Gasteiger partial charge in [0.1, 0.15) is 0 Å². The number of hydrogen-bond acceptors (Lipinski definition) is 5. The summed E-state index contributed by atoms with van der Waals surface area (Å²) < 4.78 is 15.9. The number of rotatable bonds is 10. The van der Waals surface area contributed by atoms with Gasteiger partial charge in [0, 0.05) is 13.0 Å². The molecule has 130 valence electrons. The summed E-state index contributed by atoms with van der Waals surface area (Å²) in [6.45, 7) is 1.67. The number of aryl methyl sites for hydroxylation is 1. The fourth-order valence-corrected chi connectivity index (χ4v) is 2.25. The van der Waals surface area contributed by atoms with Crippen molar-refractivity contribution in [1.82, 2.24) is 10.2 Å². The van der Waals surface area contributed by atoms with Gasteiger partial charge in [0.2, 0.25) is 11.7 Å². The lowest BCUT2D eigenvalue weighted by atomic mass is 10.1. The topological polar surface area (TPSA) is 60.0 Å². The molecular weight excluding hydrogens is 296 g/mol. The van der Waals surface area contributed by atoms with Gasteiger partial charge in [0.15, 0.2) is 11.5 Å². The lowest BCUT2D eigenvalue weighted by Gasteiger charge is -2.14. The first-order valence-electron chi connectivity index (χ1n) is 7.72. The highest BCUT2D eigenvalue weighted by atomic mass is 16.5. The second-order valence-corrected chi connectivity index (χ2v) is 5.54. The molecule has 0 radical (unpaired) electrons. The van der Waals surface area contributed by atoms with Crippen LogP contribution in [0.2, 0.25) is 0 Å². The highest BCUT2D eigenvalue weighted by Gasteiger charge is 2.13. The van der Waals surface area contributed by atoms with Crippen LogP contribution in [0.5, 0.6) is 17.2 Å². The Hall–Kier alpha value is -1.95. The third-order valence-electron chi connectivity index (χ3n) is 3.47. The van der Waals surface area contributed by atoms with Crippen molar-refractivity contribution in [2.75, 3.05) is 48.5 Å². The minimum absolute atomic E-state index is 0.0532. The van der Waals surface area contributed by atoms with Crippen molar-refractivity contribution < 1.29 is 19.0 Å². The van der Waals surface area contributed by atoms with Gasteiger partial charge in [-0.15, -0.1) is 0 Å². The molecular formula is C17H28N2O4. The molecule has 0 heterocycles. The molecule has 6 nitrogen and oxygen atoms in total. The molecule has 1 amide bonds. The summed E-state index contributed by atoms with van der Waals surface area (Å²) >= 11 is 0. The number of methoxy groups -OCH3 is 3. The molecule has 0 aliphatic rings. The SMILES string of the molecule is COc1cc(CCC(=O)NCCCN(C)C)cc(OC)c1OC. The maximum atomic E-state index is 11.9. The lowest BCUT2D eigenvalue weighted by Crippen LogP contribution is -2.27. The average molecular weight is 324 g/mol. The van der Waals surface area contributed by atoms with E-state index in [0.717, 1.165) is 18.5 Å². The van der Waals surface area contributed by atoms with Gasteiger partial charge in [-0.3, -0.25) is 4.79 Å². The second kappa shape index (κ2) is 9.94. The minimum atomic E-state index is 0.0532. The number of carbonyl (C=O) groups excluding carboxylic acids is 1. The summed E-state index contributed by atoms with van der Waals surface area (Å²) in [5.41, 5.74) is 0.975. The average Bonchev–Trinajstić information content (AvgIpc) is 2.55. The summed E-state index contributed by atoms with van der Waals surface area (Å²) in [6.07, 6.45) is 2.00. The van der Waals surface area contributed by atoms with Gasteiger partial charge in [0.05, 0.1) is 21.3 Å². The molecule has 1 N–H and O–H groups in total. The van der Waals surface area contributed by atoms with Gasteiger partial charge in [-0.2, -0.15) is 0 Å². The Morgan fingerprint density at radius 2 is 1.70 bits per heavy atom. The number of nitrogens with zero attached hydrogens (tertiary/aromatic N) is 1. The summed E-state index contributed by atoms with van der Waals surface area (Å²) in [6, 6.07) is 3.75. The van der Waals surface area contributed by atoms with Gasteiger partial charge >= 0.3 is 0 Å². The van der Waals surface area contributed by atoms with Crippen molar-refractivity contribution >= 4 is 5.91 Å². The Labute approximate surface area is 138 Å². The van der Waals surface area contributed by atoms with E-state index in [1.165, 1.54) is 0 Å². The summed E-state index contributed by atoms with van der Waals surface area (Å²) in [4.78, 5) is 14.0. The van der Waals surface area contributed by atoms with E-state index in [9.17, 15) is 4.79 Å². The van der Waals surface area contributed by atoms with E-state index in [-0.39, 0.29) is 5.91 Å². The molecule has 0 aromatic heterocycles. The summed E-state index contributed by atoms with van der Waals surface area (Å²) in [5, 5.41) is 2.94. The van der Waals surface area contributed by atoms with Crippen LogP contribution in [0.25, 0.3) is 0 Å². The maximum absolute atomic E-state index is 11.9. The first-order valence-corrected chi connectivity index (χ1v) is 7.72. The Kier molecular flexibility index (Phi) is 8.26. The lowest BCUT2D eigenvalue weighted by molar-refractivity contribution is -0.121. The number of amides is 1. The zero-order chi connectivity index (χ0) is 17.2. The molecule has 0 aliphatic carbocycles. The molecule has 1 rings (SSSR count). The zero-order valence-corrected chi connectivity index (χ0v) is 14.8. The van der Waals surface area contributed by atoms with Gasteiger partial charge in [-0.05, 0) is 51.2 Å². The monoisotopic (exact) mass is 324 g/mol. The molecule has 1 aromatic rings. The molecule has 0 bridgehead atoms. The van der Waals surface area contributed by atoms with E-state index >= 15 is 0 Å². The van der Waals surface area contributed by atoms with Crippen LogP contribution >= 0.6 is 0 Å². The zero-order valence-electron chi connectivity index (χ0n) is 14.8. The molecule has 0 spiro atoms. The predicted molar refractivity (Wildman–Crippen MR) is 90.6 cm³/mol. The third kappa shape index (κ3) is 6.36. The van der Waals surface area contributed by atoms with Crippen molar-refractivity contribution in [3.8, 4) is 17.2 Å². The first kappa shape index (κ1) is 19.1. The van der Waals surface area contributed by atoms with Crippen LogP contribution in [0, 0.1) is 0 Å². The molecule has 0 fully saturated rings. The molecule has 0 unspecified atom stereocenters. The predicted octanol–water partition coefficient (Wildman–Crippen LogP) is 1.71. The molecule has 6 heteroatoms. The largest absolute Gasteiger partial charge is 0.493 e. The van der Waals surface area contributed by atoms with Crippen LogP contribution in [0.3, 0.4) is 0 Å². The van der Waals surface area contributed by atoms with Crippen LogP contribution < -0.4 is 19.5 Å². The highest BCUT2D eigenvalue weighted by molar-refractivity contribution is 5.76. The number of hydrogen-bond donors (Lipinski definition) is 1. The van der Waals surface area contributed by atoms with Crippen molar-refractivity contribution in [1.29, 1.82) is 0 Å². The number of benzene rings is 1. The first-order chi connectivity index (χ1) is 11.0. The van der Waals surface area contributed by atoms with Crippen molar-refractivity contribution in [3.05, 3.63) is 17.7 Å². The van der Waals surface area contributed by atoms with E-state index in [4.69, 9.17) is 14.2 Å². The highest BCUT2D eigenvalue weighted by Crippen LogP contribution is 2.38. The molecule has 0 aliphatic heterocycles. The van der Waals surface area contributed by atoms with Gasteiger partial charge in [0.25, 0.3) is 0 Å². The molecule has 1 aromatic carbocycles. The Morgan fingerprint density at radius 3 is 2.17 bits per heavy atom. The quantitative estimate of drug-likeness (QED) is 0.664. The molecule has 0 saturated heterocycles. The van der Waals surface area contributed by atoms with Gasteiger partial charge in [-0.25, -0.2) is 0 Å². The van der Waals surface area contributed by atoms with E-state index in [2.05, 4.69) is 10.2 Å². The Balaban J connectivity index is 2.55. The fraction of sp³-hybridized carbons (Fsp3) is 0.588. The van der Waals surface area contributed by atoms with E-state index in [1.807, 2.05) is 26.2 Å². The molecule has 0 atom stereocenters. The smallest absolute Gasteiger partial charge is 0.220 e. The normalized spacial score (nSPS) is 10.5. The number of nitrogens with one attached hydrogen (secondary N) is 1. The van der Waals surface area contributed by atoms with Crippen LogP contribution in [0.1, 0.15) is 18.4 Å². The second-order valence-electron chi connectivity index (χ2n) is 5.54. The minimum Gasteiger partial charge on any atom is -0.493 e. The van der Waals surface area contributed by atoms with E-state index in [1.54, 1.807) is 21.3 Å². The van der Waals surface area contributed by atoms with E-state index < -0.39 is 0 Å². The fourth-order valence-electron chi connectivity index (χ4n) is 2.25. The summed E-state index contributed by atoms with van der Waals surface area (Å²) in [5.74, 6) is 1.82. The molecule has 0 saturated carbocycles. The Morgan fingerprint density at radius 1 is 1.09 bits per heavy atom. The van der Waals surface area contributed by atoms with Crippen LogP contribution in [-0.2, 0) is 11.2 Å². The maximum Gasteiger partial charge on any atom is 0.220 e. The van der Waals surface area contributed by atoms with Crippen LogP contribution in [-0.4, -0.2) is 59.3 Å². The van der Waals surface area contributed by atoms with Crippen molar-refractivity contribution in [2.45, 2.75) is 19.3 Å². The standard InChI is InChI=1S/C17H28N2O4/c1-19(2)10-6-9-18-16(20)8-7-13-11-14(21-3)17(23-5)15(12-13)22-4/h11-12H,6-10H2,1-5H3,(H,18,20). The van der Waals surface area contributed by atoms with Crippen LogP contribution in [0.15, 0.2) is 12.1 Å².